The van der Waals surface area contributed by atoms with Crippen LogP contribution in [0.4, 0.5) is 4.79 Å². The van der Waals surface area contributed by atoms with Crippen LogP contribution >= 0.6 is 0 Å². The molecule has 1 unspecified atom stereocenters. The van der Waals surface area contributed by atoms with Crippen LogP contribution in [0.15, 0.2) is 4.99 Å². The van der Waals surface area contributed by atoms with E-state index in [4.69, 9.17) is 21.9 Å². The average molecular weight is 399 g/mol. The van der Waals surface area contributed by atoms with Crippen molar-refractivity contribution in [2.45, 2.75) is 55.6 Å². The van der Waals surface area contributed by atoms with Crippen LogP contribution in [-0.4, -0.2) is 82.6 Å². The van der Waals surface area contributed by atoms with Gasteiger partial charge in [-0.3, -0.25) is 11.1 Å². The second-order valence-electron chi connectivity index (χ2n) is 7.43. The van der Waals surface area contributed by atoms with Crippen molar-refractivity contribution in [2.24, 2.45) is 22.2 Å². The maximum Gasteiger partial charge on any atom is 0.407 e. The van der Waals surface area contributed by atoms with Gasteiger partial charge in [-0.1, -0.05) is 12.8 Å². The molecule has 28 heavy (non-hydrogen) atoms. The van der Waals surface area contributed by atoms with Crippen molar-refractivity contribution < 1.29 is 24.3 Å². The average Bonchev–Trinajstić information content (AvgIpc) is 3.13. The minimum Gasteiger partial charge on any atom is -0.446 e. The Hall–Kier alpha value is -2.31. The second kappa shape index (κ2) is 7.97. The van der Waals surface area contributed by atoms with Gasteiger partial charge in [0.25, 0.3) is 0 Å². The first-order valence-electron chi connectivity index (χ1n) is 9.65. The van der Waals surface area contributed by atoms with Crippen LogP contribution in [0.2, 0.25) is 0 Å². The lowest BCUT2D eigenvalue weighted by Crippen LogP contribution is -2.77. The normalized spacial score (nSPS) is 30.0. The predicted molar refractivity (Wildman–Crippen MR) is 101 cm³/mol. The summed E-state index contributed by atoms with van der Waals surface area (Å²) < 4.78 is 6.90. The van der Waals surface area contributed by atoms with Crippen LogP contribution in [0.1, 0.15) is 32.1 Å². The molecule has 0 aromatic rings. The molecule has 0 bridgehead atoms. The Morgan fingerprint density at radius 2 is 2.07 bits per heavy atom. The maximum absolute atomic E-state index is 12.0. The van der Waals surface area contributed by atoms with Gasteiger partial charge in [-0.25, -0.2) is 14.4 Å². The van der Waals surface area contributed by atoms with Gasteiger partial charge in [0.05, 0.1) is 6.54 Å². The Morgan fingerprint density at radius 1 is 1.32 bits per heavy atom. The number of aliphatic imine (C=N–C) groups is 1. The van der Waals surface area contributed by atoms with E-state index in [0.29, 0.717) is 19.6 Å². The van der Waals surface area contributed by atoms with Gasteiger partial charge in [0.15, 0.2) is 12.0 Å². The highest BCUT2D eigenvalue weighted by Crippen LogP contribution is 2.40. The fourth-order valence-electron chi connectivity index (χ4n) is 4.16. The zero-order valence-electron chi connectivity index (χ0n) is 15.9. The van der Waals surface area contributed by atoms with Crippen molar-refractivity contribution in [2.75, 3.05) is 26.2 Å². The number of guanidine groups is 2. The summed E-state index contributed by atoms with van der Waals surface area (Å²) in [5.41, 5.74) is 16.0. The molecule has 12 nitrogen and oxygen atoms in total. The molecule has 3 aliphatic heterocycles. The third kappa shape index (κ3) is 3.54. The van der Waals surface area contributed by atoms with Gasteiger partial charge in [0.1, 0.15) is 12.6 Å². The molecule has 3 atom stereocenters. The smallest absolute Gasteiger partial charge is 0.407 e. The van der Waals surface area contributed by atoms with Gasteiger partial charge in [0, 0.05) is 13.0 Å². The minimum absolute atomic E-state index is 0.0610. The summed E-state index contributed by atoms with van der Waals surface area (Å²) in [6, 6.07) is -1.28. The van der Waals surface area contributed by atoms with Crippen LogP contribution in [0, 0.1) is 0 Å². The van der Waals surface area contributed by atoms with Crippen molar-refractivity contribution in [3.63, 3.8) is 0 Å². The van der Waals surface area contributed by atoms with Gasteiger partial charge < -0.3 is 37.1 Å². The molecular formula is C16H31N8O4+. The number of carbonyl (C=O) groups excluding carboxylic acids is 1. The number of nitrogens with one attached hydrogen (secondary N) is 3. The van der Waals surface area contributed by atoms with E-state index in [-0.39, 0.29) is 24.9 Å². The number of amides is 1. The molecule has 0 radical (unpaired) electrons. The number of nitrogens with two attached hydrogens (primary N) is 3. The number of rotatable bonds is 8. The number of hydrogen-bond donors (Lipinski definition) is 8. The van der Waals surface area contributed by atoms with Crippen molar-refractivity contribution in [3.8, 4) is 0 Å². The Balaban J connectivity index is 1.58. The van der Waals surface area contributed by atoms with Gasteiger partial charge in [-0.05, 0) is 19.4 Å². The summed E-state index contributed by atoms with van der Waals surface area (Å²) in [6.07, 6.45) is 3.36. The van der Waals surface area contributed by atoms with Crippen molar-refractivity contribution >= 4 is 18.0 Å². The lowest BCUT2D eigenvalue weighted by Gasteiger charge is -2.42. The Morgan fingerprint density at radius 3 is 2.82 bits per heavy atom. The molecule has 11 N–H and O–H groups in total. The van der Waals surface area contributed by atoms with Crippen molar-refractivity contribution in [3.05, 3.63) is 0 Å². The molecule has 0 saturated carbocycles. The molecule has 1 fully saturated rings. The molecule has 3 aliphatic rings. The fraction of sp³-hybridized carbons (Fsp3) is 0.812. The first-order chi connectivity index (χ1) is 13.3. The molecule has 0 aromatic carbocycles. The molecule has 3 heterocycles. The summed E-state index contributed by atoms with van der Waals surface area (Å²) >= 11 is 0. The first-order valence-corrected chi connectivity index (χ1v) is 9.65. The molecule has 0 aliphatic carbocycles. The second-order valence-corrected chi connectivity index (χ2v) is 7.43. The standard InChI is InChI=1S/C16H30N8O4/c17-6-3-1-2-4-7-20-14(25)28-9-10-11-16(23-12(18)22-11)15(26,27)5-8-24(16)13(19)21-10/h10-11,26-27H,1-9,17H2,(H6,18,19,20,21,22,23,25)/p+1/t10?,11-,16-/m0/s1. The van der Waals surface area contributed by atoms with E-state index in [0.717, 1.165) is 25.7 Å². The number of nitrogens with zero attached hydrogens (tertiary/aromatic N) is 2. The summed E-state index contributed by atoms with van der Waals surface area (Å²) in [5.74, 6) is -1.78. The van der Waals surface area contributed by atoms with Crippen molar-refractivity contribution in [1.29, 1.82) is 0 Å². The molecule has 3 rings (SSSR count). The summed E-state index contributed by atoms with van der Waals surface area (Å²) in [5, 5.41) is 29.8. The van der Waals surface area contributed by atoms with Gasteiger partial charge in [-0.15, -0.1) is 0 Å². The summed E-state index contributed by atoms with van der Waals surface area (Å²) in [6.45, 7) is 1.44. The van der Waals surface area contributed by atoms with Gasteiger partial charge >= 0.3 is 12.1 Å². The van der Waals surface area contributed by atoms with Crippen LogP contribution in [0.5, 0.6) is 0 Å². The highest BCUT2D eigenvalue weighted by molar-refractivity contribution is 5.83. The van der Waals surface area contributed by atoms with Gasteiger partial charge in [-0.2, -0.15) is 0 Å². The monoisotopic (exact) mass is 399 g/mol. The lowest BCUT2D eigenvalue weighted by molar-refractivity contribution is -0.623. The van der Waals surface area contributed by atoms with Gasteiger partial charge in [0.2, 0.25) is 11.4 Å². The highest BCUT2D eigenvalue weighted by atomic mass is 16.5. The third-order valence-electron chi connectivity index (χ3n) is 5.54. The predicted octanol–water partition coefficient (Wildman–Crippen LogP) is -3.40. The minimum atomic E-state index is -2.10. The Kier molecular flexibility index (Phi) is 5.82. The van der Waals surface area contributed by atoms with E-state index >= 15 is 0 Å². The van der Waals surface area contributed by atoms with E-state index in [1.165, 1.54) is 0 Å². The van der Waals surface area contributed by atoms with E-state index < -0.39 is 29.6 Å². The fourth-order valence-corrected chi connectivity index (χ4v) is 4.16. The molecule has 1 amide bonds. The molecule has 0 aromatic heterocycles. The number of alkyl carbamates (subject to hydrolysis) is 1. The molecule has 1 spiro atoms. The topological polar surface area (TPSA) is 196 Å². The number of unbranched alkanes of at least 4 members (excludes halogenated alkanes) is 3. The summed E-state index contributed by atoms with van der Waals surface area (Å²) in [4.78, 5) is 16.3. The van der Waals surface area contributed by atoms with E-state index in [2.05, 4.69) is 20.9 Å². The number of hydrogen-bond acceptors (Lipinski definition) is 10. The van der Waals surface area contributed by atoms with E-state index in [1.807, 2.05) is 0 Å². The zero-order chi connectivity index (χ0) is 20.4. The van der Waals surface area contributed by atoms with Crippen LogP contribution < -0.4 is 33.2 Å². The largest absolute Gasteiger partial charge is 0.446 e. The Labute approximate surface area is 163 Å². The molecule has 1 saturated heterocycles. The van der Waals surface area contributed by atoms with Crippen LogP contribution in [0.25, 0.3) is 0 Å². The van der Waals surface area contributed by atoms with E-state index in [1.54, 1.807) is 4.58 Å². The van der Waals surface area contributed by atoms with Crippen LogP contribution in [-0.2, 0) is 4.74 Å². The number of carbonyl (C=O) groups is 1. The quantitative estimate of drug-likeness (QED) is 0.116. The lowest BCUT2D eigenvalue weighted by atomic mass is 9.87. The van der Waals surface area contributed by atoms with E-state index in [9.17, 15) is 15.0 Å². The Bertz CT molecular complexity index is 667. The summed E-state index contributed by atoms with van der Waals surface area (Å²) in [7, 11) is 0. The highest BCUT2D eigenvalue weighted by Gasteiger charge is 2.71. The zero-order valence-corrected chi connectivity index (χ0v) is 15.9. The van der Waals surface area contributed by atoms with Crippen LogP contribution in [0.3, 0.4) is 0 Å². The first kappa shape index (κ1) is 20.4. The molecule has 158 valence electrons. The van der Waals surface area contributed by atoms with Crippen molar-refractivity contribution in [1.82, 2.24) is 16.0 Å². The maximum atomic E-state index is 12.0. The molecule has 12 heteroatoms. The third-order valence-corrected chi connectivity index (χ3v) is 5.54. The number of aliphatic hydroxyl groups is 2. The SMILES string of the molecule is NCCCCCCNC(=O)OCC1NC(N)=[N+]2CCC(O)(O)[C@@]23NC(N)=N[C@@H]13. The number of ether oxygens (including phenoxy) is 1. The molecular weight excluding hydrogens is 368 g/mol.